The number of fused-ring (bicyclic) bond motifs is 2. The molecule has 0 atom stereocenters. The lowest BCUT2D eigenvalue weighted by Crippen LogP contribution is -2.31. The van der Waals surface area contributed by atoms with Crippen LogP contribution in [0.1, 0.15) is 40.4 Å². The van der Waals surface area contributed by atoms with Crippen LogP contribution in [0.5, 0.6) is 11.5 Å². The fourth-order valence-electron chi connectivity index (χ4n) is 3.99. The second kappa shape index (κ2) is 7.09. The Morgan fingerprint density at radius 3 is 2.10 bits per heavy atom. The van der Waals surface area contributed by atoms with Gasteiger partial charge in [0, 0.05) is 35.3 Å². The molecule has 2 aliphatic rings. The van der Waals surface area contributed by atoms with Gasteiger partial charge in [0.15, 0.2) is 0 Å². The molecule has 3 aromatic rings. The van der Waals surface area contributed by atoms with Gasteiger partial charge in [-0.3, -0.25) is 9.59 Å². The summed E-state index contributed by atoms with van der Waals surface area (Å²) in [5.41, 5.74) is 3.25. The highest BCUT2D eigenvalue weighted by atomic mass is 16.5. The molecular formula is C24H20N2O3. The molecule has 0 spiro atoms. The molecule has 1 fully saturated rings. The molecule has 1 N–H and O–H groups in total. The summed E-state index contributed by atoms with van der Waals surface area (Å²) in [7, 11) is 0. The van der Waals surface area contributed by atoms with Crippen LogP contribution in [0.15, 0.2) is 72.8 Å². The van der Waals surface area contributed by atoms with Crippen molar-refractivity contribution < 1.29 is 14.3 Å². The number of benzene rings is 3. The fourth-order valence-corrected chi connectivity index (χ4v) is 3.99. The lowest BCUT2D eigenvalue weighted by atomic mass is 9.94. The Labute approximate surface area is 168 Å². The summed E-state index contributed by atoms with van der Waals surface area (Å²) in [6, 6.07) is 22.4. The lowest BCUT2D eigenvalue weighted by molar-refractivity contribution is -0.117. The highest BCUT2D eigenvalue weighted by molar-refractivity contribution is 5.98. The Morgan fingerprint density at radius 2 is 1.52 bits per heavy atom. The Hall–Kier alpha value is -3.60. The van der Waals surface area contributed by atoms with Crippen LogP contribution in [0.3, 0.4) is 0 Å². The number of ether oxygens (including phenoxy) is 1. The topological polar surface area (TPSA) is 58.6 Å². The van der Waals surface area contributed by atoms with Crippen LogP contribution in [0.2, 0.25) is 0 Å². The third-order valence-corrected chi connectivity index (χ3v) is 5.47. The van der Waals surface area contributed by atoms with Crippen LogP contribution < -0.4 is 15.0 Å². The average Bonchev–Trinajstić information content (AvgIpc) is 3.19. The molecule has 0 radical (unpaired) electrons. The summed E-state index contributed by atoms with van der Waals surface area (Å²) in [4.78, 5) is 26.7. The third kappa shape index (κ3) is 3.14. The number of rotatable bonds is 3. The van der Waals surface area contributed by atoms with E-state index >= 15 is 0 Å². The van der Waals surface area contributed by atoms with E-state index in [1.165, 1.54) is 0 Å². The van der Waals surface area contributed by atoms with E-state index in [-0.39, 0.29) is 17.9 Å². The molecule has 2 amide bonds. The first-order chi connectivity index (χ1) is 14.2. The predicted molar refractivity (Wildman–Crippen MR) is 110 cm³/mol. The Balaban J connectivity index is 1.42. The average molecular weight is 384 g/mol. The zero-order valence-corrected chi connectivity index (χ0v) is 15.8. The number of nitrogens with zero attached hydrogens (tertiary/aromatic N) is 1. The van der Waals surface area contributed by atoms with Crippen molar-refractivity contribution in [3.63, 3.8) is 0 Å². The molecule has 144 valence electrons. The molecule has 1 saturated heterocycles. The van der Waals surface area contributed by atoms with Crippen molar-refractivity contribution in [2.45, 2.75) is 18.9 Å². The van der Waals surface area contributed by atoms with Gasteiger partial charge in [-0.2, -0.15) is 0 Å². The molecule has 0 aromatic heterocycles. The first kappa shape index (κ1) is 17.5. The van der Waals surface area contributed by atoms with Crippen LogP contribution >= 0.6 is 0 Å². The van der Waals surface area contributed by atoms with Gasteiger partial charge in [0.05, 0.1) is 6.04 Å². The van der Waals surface area contributed by atoms with E-state index < -0.39 is 0 Å². The van der Waals surface area contributed by atoms with E-state index in [9.17, 15) is 9.59 Å². The van der Waals surface area contributed by atoms with Crippen molar-refractivity contribution in [3.8, 4) is 11.5 Å². The van der Waals surface area contributed by atoms with Crippen LogP contribution in [0.4, 0.5) is 5.69 Å². The molecule has 2 aliphatic heterocycles. The van der Waals surface area contributed by atoms with E-state index in [0.29, 0.717) is 12.0 Å². The summed E-state index contributed by atoms with van der Waals surface area (Å²) >= 11 is 0. The molecule has 5 heteroatoms. The molecule has 5 rings (SSSR count). The van der Waals surface area contributed by atoms with Crippen LogP contribution in [0.25, 0.3) is 0 Å². The zero-order valence-electron chi connectivity index (χ0n) is 15.8. The molecule has 2 heterocycles. The number of nitrogens with one attached hydrogen (secondary N) is 1. The van der Waals surface area contributed by atoms with E-state index in [0.717, 1.165) is 41.3 Å². The monoisotopic (exact) mass is 384 g/mol. The molecule has 29 heavy (non-hydrogen) atoms. The van der Waals surface area contributed by atoms with Crippen molar-refractivity contribution in [1.29, 1.82) is 0 Å². The Bertz CT molecular complexity index is 1050. The number of carbonyl (C=O) groups is 2. The number of hydrogen-bond donors (Lipinski definition) is 1. The molecule has 0 saturated carbocycles. The van der Waals surface area contributed by atoms with E-state index in [1.54, 1.807) is 17.0 Å². The lowest BCUT2D eigenvalue weighted by Gasteiger charge is -2.28. The van der Waals surface area contributed by atoms with E-state index in [4.69, 9.17) is 4.74 Å². The third-order valence-electron chi connectivity index (χ3n) is 5.47. The minimum Gasteiger partial charge on any atom is -0.457 e. The van der Waals surface area contributed by atoms with Gasteiger partial charge < -0.3 is 15.0 Å². The SMILES string of the molecule is O=C(NC1c2ccccc2Oc2ccccc21)c1ccc(N2CCCC2=O)cc1. The molecule has 0 bridgehead atoms. The molecule has 0 unspecified atom stereocenters. The van der Waals surface area contributed by atoms with Crippen LogP contribution in [0, 0.1) is 0 Å². The molecular weight excluding hydrogens is 364 g/mol. The van der Waals surface area contributed by atoms with Gasteiger partial charge in [-0.25, -0.2) is 0 Å². The van der Waals surface area contributed by atoms with Gasteiger partial charge in [0.2, 0.25) is 5.91 Å². The molecule has 0 aliphatic carbocycles. The van der Waals surface area contributed by atoms with Gasteiger partial charge >= 0.3 is 0 Å². The normalized spacial score (nSPS) is 15.4. The Morgan fingerprint density at radius 1 is 0.897 bits per heavy atom. The maximum Gasteiger partial charge on any atom is 0.252 e. The standard InChI is InChI=1S/C24H20N2O3/c27-22-10-5-15-26(22)17-13-11-16(12-14-17)24(28)25-23-18-6-1-3-8-20(18)29-21-9-4-2-7-19(21)23/h1-4,6-9,11-14,23H,5,10,15H2,(H,25,28). The highest BCUT2D eigenvalue weighted by Crippen LogP contribution is 2.42. The van der Waals surface area contributed by atoms with Gasteiger partial charge in [-0.1, -0.05) is 36.4 Å². The summed E-state index contributed by atoms with van der Waals surface area (Å²) in [6.45, 7) is 0.736. The maximum atomic E-state index is 13.0. The second-order valence-corrected chi connectivity index (χ2v) is 7.28. The number of amides is 2. The van der Waals surface area contributed by atoms with Crippen LogP contribution in [-0.4, -0.2) is 18.4 Å². The van der Waals surface area contributed by atoms with Crippen molar-refractivity contribution in [3.05, 3.63) is 89.5 Å². The largest absolute Gasteiger partial charge is 0.457 e. The minimum absolute atomic E-state index is 0.137. The van der Waals surface area contributed by atoms with Crippen molar-refractivity contribution in [2.75, 3.05) is 11.4 Å². The zero-order chi connectivity index (χ0) is 19.8. The minimum atomic E-state index is -0.288. The van der Waals surface area contributed by atoms with Gasteiger partial charge in [0.1, 0.15) is 11.5 Å². The van der Waals surface area contributed by atoms with E-state index in [1.807, 2.05) is 60.7 Å². The number of hydrogen-bond acceptors (Lipinski definition) is 3. The summed E-state index contributed by atoms with van der Waals surface area (Å²) in [5, 5.41) is 3.15. The summed E-state index contributed by atoms with van der Waals surface area (Å²) < 4.78 is 5.99. The van der Waals surface area contributed by atoms with Crippen molar-refractivity contribution in [1.82, 2.24) is 5.32 Å². The van der Waals surface area contributed by atoms with Gasteiger partial charge in [-0.05, 0) is 42.8 Å². The maximum absolute atomic E-state index is 13.0. The van der Waals surface area contributed by atoms with Crippen molar-refractivity contribution >= 4 is 17.5 Å². The van der Waals surface area contributed by atoms with E-state index in [2.05, 4.69) is 5.32 Å². The molecule has 3 aromatic carbocycles. The summed E-state index contributed by atoms with van der Waals surface area (Å²) in [6.07, 6.45) is 1.47. The first-order valence-electron chi connectivity index (χ1n) is 9.78. The highest BCUT2D eigenvalue weighted by Gasteiger charge is 2.28. The number of para-hydroxylation sites is 2. The smallest absolute Gasteiger partial charge is 0.252 e. The van der Waals surface area contributed by atoms with Gasteiger partial charge in [-0.15, -0.1) is 0 Å². The Kier molecular flexibility index (Phi) is 4.28. The number of anilines is 1. The predicted octanol–water partition coefficient (Wildman–Crippen LogP) is 4.44. The quantitative estimate of drug-likeness (QED) is 0.726. The fraction of sp³-hybridized carbons (Fsp3) is 0.167. The van der Waals surface area contributed by atoms with Gasteiger partial charge in [0.25, 0.3) is 5.91 Å². The summed E-state index contributed by atoms with van der Waals surface area (Å²) in [5.74, 6) is 1.47. The molecule has 5 nitrogen and oxygen atoms in total. The van der Waals surface area contributed by atoms with Crippen LogP contribution in [-0.2, 0) is 4.79 Å². The second-order valence-electron chi connectivity index (χ2n) is 7.28. The number of carbonyl (C=O) groups excluding carboxylic acids is 2. The van der Waals surface area contributed by atoms with Crippen molar-refractivity contribution in [2.24, 2.45) is 0 Å². The first-order valence-corrected chi connectivity index (χ1v) is 9.78.